The first-order valence-corrected chi connectivity index (χ1v) is 4.65. The highest BCUT2D eigenvalue weighted by molar-refractivity contribution is 5.47. The summed E-state index contributed by atoms with van der Waals surface area (Å²) in [5, 5.41) is 0. The van der Waals surface area contributed by atoms with Gasteiger partial charge in [0.15, 0.2) is 0 Å². The molecule has 3 N–H and O–H groups in total. The molecule has 3 heteroatoms. The summed E-state index contributed by atoms with van der Waals surface area (Å²) in [4.78, 5) is 4.52. The Kier molecular flexibility index (Phi) is 3.25. The van der Waals surface area contributed by atoms with Crippen molar-refractivity contribution in [3.8, 4) is 0 Å². The van der Waals surface area contributed by atoms with Crippen molar-refractivity contribution in [3.63, 3.8) is 0 Å². The summed E-state index contributed by atoms with van der Waals surface area (Å²) in [6, 6.07) is 4.00. The first kappa shape index (κ1) is 9.99. The van der Waals surface area contributed by atoms with Gasteiger partial charge in [-0.05, 0) is 24.5 Å². The quantitative estimate of drug-likeness (QED) is 0.551. The predicted molar refractivity (Wildman–Crippen MR) is 55.5 cm³/mol. The normalized spacial score (nSPS) is 10.5. The van der Waals surface area contributed by atoms with E-state index in [1.165, 1.54) is 0 Å². The van der Waals surface area contributed by atoms with Crippen molar-refractivity contribution >= 4 is 5.69 Å². The number of aryl methyl sites for hydroxylation is 1. The summed E-state index contributed by atoms with van der Waals surface area (Å²) in [6.07, 6.45) is 0.903. The van der Waals surface area contributed by atoms with Gasteiger partial charge in [-0.3, -0.25) is 10.8 Å². The predicted octanol–water partition coefficient (Wildman–Crippen LogP) is 2.05. The molecule has 1 rings (SSSR count). The van der Waals surface area contributed by atoms with Gasteiger partial charge < -0.3 is 5.43 Å². The number of aromatic nitrogens is 1. The number of pyridine rings is 1. The van der Waals surface area contributed by atoms with Gasteiger partial charge in [-0.25, -0.2) is 0 Å². The molecule has 3 nitrogen and oxygen atoms in total. The van der Waals surface area contributed by atoms with Crippen LogP contribution in [0, 0.1) is 0 Å². The van der Waals surface area contributed by atoms with E-state index in [9.17, 15) is 0 Å². The van der Waals surface area contributed by atoms with Crippen LogP contribution >= 0.6 is 0 Å². The average Bonchev–Trinajstić information content (AvgIpc) is 2.16. The van der Waals surface area contributed by atoms with E-state index in [0.29, 0.717) is 5.92 Å². The molecule has 0 spiro atoms. The van der Waals surface area contributed by atoms with Crippen molar-refractivity contribution < 1.29 is 0 Å². The first-order valence-electron chi connectivity index (χ1n) is 4.65. The highest BCUT2D eigenvalue weighted by atomic mass is 15.2. The molecule has 0 aromatic carbocycles. The monoisotopic (exact) mass is 179 g/mol. The van der Waals surface area contributed by atoms with Crippen LogP contribution < -0.4 is 11.3 Å². The Morgan fingerprint density at radius 2 is 2.15 bits per heavy atom. The molecule has 72 valence electrons. The fourth-order valence-corrected chi connectivity index (χ4v) is 1.24. The second-order valence-corrected chi connectivity index (χ2v) is 3.38. The lowest BCUT2D eigenvalue weighted by molar-refractivity contribution is 0.807. The largest absolute Gasteiger partial charge is 0.322 e. The van der Waals surface area contributed by atoms with Crippen LogP contribution in [-0.2, 0) is 6.42 Å². The summed E-state index contributed by atoms with van der Waals surface area (Å²) in [6.45, 7) is 6.35. The molecule has 0 amide bonds. The van der Waals surface area contributed by atoms with Crippen LogP contribution in [0.1, 0.15) is 38.1 Å². The topological polar surface area (TPSA) is 50.9 Å². The Balaban J connectivity index is 3.05. The number of nitrogens with zero attached hydrogens (tertiary/aromatic N) is 1. The highest BCUT2D eigenvalue weighted by Crippen LogP contribution is 2.18. The Morgan fingerprint density at radius 1 is 1.46 bits per heavy atom. The molecule has 0 saturated heterocycles. The molecule has 1 aromatic heterocycles. The van der Waals surface area contributed by atoms with Crippen molar-refractivity contribution in [2.45, 2.75) is 33.1 Å². The molecule has 0 radical (unpaired) electrons. The summed E-state index contributed by atoms with van der Waals surface area (Å²) in [7, 11) is 0. The third-order valence-corrected chi connectivity index (χ3v) is 2.08. The van der Waals surface area contributed by atoms with Crippen molar-refractivity contribution in [1.82, 2.24) is 4.98 Å². The minimum atomic E-state index is 0.470. The van der Waals surface area contributed by atoms with E-state index in [1.807, 2.05) is 12.1 Å². The van der Waals surface area contributed by atoms with Crippen molar-refractivity contribution in [2.24, 2.45) is 5.84 Å². The number of hydrazine groups is 1. The van der Waals surface area contributed by atoms with Gasteiger partial charge in [-0.15, -0.1) is 0 Å². The van der Waals surface area contributed by atoms with Crippen LogP contribution in [-0.4, -0.2) is 4.98 Å². The third-order valence-electron chi connectivity index (χ3n) is 2.08. The van der Waals surface area contributed by atoms with Gasteiger partial charge >= 0.3 is 0 Å². The van der Waals surface area contributed by atoms with Gasteiger partial charge in [-0.2, -0.15) is 0 Å². The Hall–Kier alpha value is -1.09. The molecule has 0 aliphatic heterocycles. The maximum Gasteiger partial charge on any atom is 0.0701 e. The van der Waals surface area contributed by atoms with E-state index in [1.54, 1.807) is 0 Å². The van der Waals surface area contributed by atoms with Crippen LogP contribution in [0.5, 0.6) is 0 Å². The molecular formula is C10H17N3. The van der Waals surface area contributed by atoms with Gasteiger partial charge in [0.2, 0.25) is 0 Å². The maximum absolute atomic E-state index is 5.36. The summed E-state index contributed by atoms with van der Waals surface area (Å²) in [5.41, 5.74) is 5.73. The molecular weight excluding hydrogens is 162 g/mol. The molecule has 0 saturated carbocycles. The maximum atomic E-state index is 5.36. The van der Waals surface area contributed by atoms with E-state index in [0.717, 1.165) is 23.5 Å². The Bertz CT molecular complexity index is 281. The van der Waals surface area contributed by atoms with E-state index in [-0.39, 0.29) is 0 Å². The number of anilines is 1. The molecule has 13 heavy (non-hydrogen) atoms. The average molecular weight is 179 g/mol. The number of rotatable bonds is 3. The second kappa shape index (κ2) is 4.23. The summed E-state index contributed by atoms with van der Waals surface area (Å²) < 4.78 is 0. The smallest absolute Gasteiger partial charge is 0.0701 e. The fourth-order valence-electron chi connectivity index (χ4n) is 1.24. The number of nitrogens with one attached hydrogen (secondary N) is 1. The number of nitrogens with two attached hydrogens (primary N) is 1. The van der Waals surface area contributed by atoms with Crippen molar-refractivity contribution in [2.75, 3.05) is 5.43 Å². The highest BCUT2D eigenvalue weighted by Gasteiger charge is 2.05. The van der Waals surface area contributed by atoms with E-state index < -0.39 is 0 Å². The van der Waals surface area contributed by atoms with Gasteiger partial charge in [-0.1, -0.05) is 20.8 Å². The third kappa shape index (κ3) is 2.18. The molecule has 0 atom stereocenters. The summed E-state index contributed by atoms with van der Waals surface area (Å²) >= 11 is 0. The van der Waals surface area contributed by atoms with Crippen LogP contribution in [0.25, 0.3) is 0 Å². The van der Waals surface area contributed by atoms with Crippen LogP contribution in [0.2, 0.25) is 0 Å². The molecule has 0 fully saturated rings. The number of hydrogen-bond donors (Lipinski definition) is 2. The first-order chi connectivity index (χ1) is 6.19. The second-order valence-electron chi connectivity index (χ2n) is 3.38. The molecule has 0 bridgehead atoms. The molecule has 1 heterocycles. The van der Waals surface area contributed by atoms with E-state index >= 15 is 0 Å². The fraction of sp³-hybridized carbons (Fsp3) is 0.500. The van der Waals surface area contributed by atoms with Gasteiger partial charge in [0, 0.05) is 5.69 Å². The standard InChI is InChI=1S/C10H17N3/c1-4-8-10(13-11)6-5-9(12-8)7(2)3/h5-7,13H,4,11H2,1-3H3. The SMILES string of the molecule is CCc1nc(C(C)C)ccc1NN. The zero-order valence-corrected chi connectivity index (χ0v) is 8.46. The number of hydrogen-bond acceptors (Lipinski definition) is 3. The Labute approximate surface area is 79.3 Å². The van der Waals surface area contributed by atoms with Gasteiger partial charge in [0.25, 0.3) is 0 Å². The van der Waals surface area contributed by atoms with E-state index in [4.69, 9.17) is 5.84 Å². The van der Waals surface area contributed by atoms with Crippen molar-refractivity contribution in [1.29, 1.82) is 0 Å². The molecule has 0 aliphatic carbocycles. The van der Waals surface area contributed by atoms with Gasteiger partial charge in [0.05, 0.1) is 11.4 Å². The molecule has 0 aliphatic rings. The molecule has 0 unspecified atom stereocenters. The van der Waals surface area contributed by atoms with Crippen molar-refractivity contribution in [3.05, 3.63) is 23.5 Å². The van der Waals surface area contributed by atoms with E-state index in [2.05, 4.69) is 31.2 Å². The minimum Gasteiger partial charge on any atom is -0.322 e. The minimum absolute atomic E-state index is 0.470. The summed E-state index contributed by atoms with van der Waals surface area (Å²) in [5.74, 6) is 5.83. The molecule has 1 aromatic rings. The van der Waals surface area contributed by atoms with Crippen LogP contribution in [0.4, 0.5) is 5.69 Å². The number of nitrogen functional groups attached to an aromatic ring is 1. The zero-order valence-electron chi connectivity index (χ0n) is 8.46. The zero-order chi connectivity index (χ0) is 9.84. The lowest BCUT2D eigenvalue weighted by Crippen LogP contribution is -2.11. The lowest BCUT2D eigenvalue weighted by Gasteiger charge is -2.10. The van der Waals surface area contributed by atoms with Crippen LogP contribution in [0.3, 0.4) is 0 Å². The van der Waals surface area contributed by atoms with Crippen LogP contribution in [0.15, 0.2) is 12.1 Å². The lowest BCUT2D eigenvalue weighted by atomic mass is 10.1. The Morgan fingerprint density at radius 3 is 2.62 bits per heavy atom. The van der Waals surface area contributed by atoms with Gasteiger partial charge in [0.1, 0.15) is 0 Å².